The molecule has 1 aliphatic rings. The number of rotatable bonds is 9. The van der Waals surface area contributed by atoms with Gasteiger partial charge in [-0.2, -0.15) is 0 Å². The second-order valence-electron chi connectivity index (χ2n) is 9.08. The molecule has 198 valence electrons. The summed E-state index contributed by atoms with van der Waals surface area (Å²) < 4.78 is 22.9. The summed E-state index contributed by atoms with van der Waals surface area (Å²) >= 11 is 0. The van der Waals surface area contributed by atoms with Crippen LogP contribution in [0, 0.1) is 13.8 Å². The fourth-order valence-corrected chi connectivity index (χ4v) is 4.29. The molecular weight excluding hydrogens is 486 g/mol. The van der Waals surface area contributed by atoms with Crippen LogP contribution in [0.15, 0.2) is 58.0 Å². The van der Waals surface area contributed by atoms with E-state index in [0.29, 0.717) is 41.1 Å². The topological polar surface area (TPSA) is 115 Å². The summed E-state index contributed by atoms with van der Waals surface area (Å²) in [6.07, 6.45) is 3.26. The van der Waals surface area contributed by atoms with Crippen LogP contribution in [0.1, 0.15) is 11.1 Å². The van der Waals surface area contributed by atoms with Gasteiger partial charge in [-0.15, -0.1) is 0 Å². The Kier molecular flexibility index (Phi) is 7.71. The minimum absolute atomic E-state index is 0.220. The van der Waals surface area contributed by atoms with Gasteiger partial charge in [-0.05, 0) is 43.2 Å². The molecule has 3 aromatic heterocycles. The molecule has 0 bridgehead atoms. The van der Waals surface area contributed by atoms with E-state index in [1.165, 1.54) is 0 Å². The zero-order valence-corrected chi connectivity index (χ0v) is 21.7. The summed E-state index contributed by atoms with van der Waals surface area (Å²) in [6.45, 7) is 8.29. The Balaban J connectivity index is 1.43. The smallest absolute Gasteiger partial charge is 0.299 e. The molecule has 1 aromatic carbocycles. The molecule has 5 rings (SSSR count). The number of hydrogen-bond acceptors (Lipinski definition) is 9. The third-order valence-corrected chi connectivity index (χ3v) is 6.46. The van der Waals surface area contributed by atoms with Crippen molar-refractivity contribution in [3.8, 4) is 34.2 Å². The molecule has 0 saturated carbocycles. The molecule has 38 heavy (non-hydrogen) atoms. The predicted octanol–water partition coefficient (Wildman–Crippen LogP) is 4.17. The summed E-state index contributed by atoms with van der Waals surface area (Å²) in [7, 11) is 1.62. The van der Waals surface area contributed by atoms with Crippen LogP contribution in [0.5, 0.6) is 11.6 Å². The molecule has 0 amide bonds. The molecule has 1 aliphatic heterocycles. The van der Waals surface area contributed by atoms with E-state index in [0.717, 1.165) is 55.4 Å². The van der Waals surface area contributed by atoms with Gasteiger partial charge in [0.15, 0.2) is 5.76 Å². The molecule has 0 unspecified atom stereocenters. The summed E-state index contributed by atoms with van der Waals surface area (Å²) in [4.78, 5) is 26.8. The standard InChI is InChI=1S/C28H31N5O5/c1-18-4-5-21(35-3)16-22(18)32-28-30-17-24(38-28)20-14-23(26-19(2)6-7-29-27(26)34)31-25(15-20)37-13-10-33-8-11-36-12-9-33/h4-7,14-17H,8-13H2,1-3H3,(H,29,34)(H,30,32). The minimum atomic E-state index is -0.220. The molecule has 4 aromatic rings. The molecular formula is C28H31N5O5. The molecule has 0 spiro atoms. The van der Waals surface area contributed by atoms with Crippen LogP contribution < -0.4 is 20.3 Å². The molecule has 1 fully saturated rings. The zero-order valence-electron chi connectivity index (χ0n) is 21.7. The Labute approximate surface area is 220 Å². The number of ether oxygens (including phenoxy) is 3. The molecule has 2 N–H and O–H groups in total. The van der Waals surface area contributed by atoms with Crippen molar-refractivity contribution in [2.75, 3.05) is 51.9 Å². The van der Waals surface area contributed by atoms with E-state index in [-0.39, 0.29) is 5.56 Å². The Morgan fingerprint density at radius 2 is 1.95 bits per heavy atom. The number of hydrogen-bond donors (Lipinski definition) is 2. The average molecular weight is 518 g/mol. The van der Waals surface area contributed by atoms with E-state index in [1.807, 2.05) is 44.2 Å². The maximum Gasteiger partial charge on any atom is 0.299 e. The van der Waals surface area contributed by atoms with Crippen LogP contribution in [0.3, 0.4) is 0 Å². The van der Waals surface area contributed by atoms with E-state index < -0.39 is 0 Å². The molecule has 10 heteroatoms. The first-order valence-corrected chi connectivity index (χ1v) is 12.5. The van der Waals surface area contributed by atoms with Crippen molar-refractivity contribution < 1.29 is 18.6 Å². The highest BCUT2D eigenvalue weighted by Crippen LogP contribution is 2.32. The van der Waals surface area contributed by atoms with E-state index in [1.54, 1.807) is 25.6 Å². The SMILES string of the molecule is COc1ccc(C)c(Nc2ncc(-c3cc(OCCN4CCOCC4)nc(-c4c(C)cc[nH]c4=O)c3)o2)c1. The van der Waals surface area contributed by atoms with Gasteiger partial charge in [0.05, 0.1) is 37.8 Å². The van der Waals surface area contributed by atoms with Crippen LogP contribution in [-0.4, -0.2) is 66.4 Å². The summed E-state index contributed by atoms with van der Waals surface area (Å²) in [6, 6.07) is 11.5. The van der Waals surface area contributed by atoms with Gasteiger partial charge >= 0.3 is 0 Å². The number of H-pyrrole nitrogens is 1. The first-order valence-electron chi connectivity index (χ1n) is 12.5. The monoisotopic (exact) mass is 517 g/mol. The summed E-state index contributed by atoms with van der Waals surface area (Å²) in [5, 5.41) is 3.21. The number of nitrogens with zero attached hydrogens (tertiary/aromatic N) is 3. The lowest BCUT2D eigenvalue weighted by molar-refractivity contribution is 0.0320. The summed E-state index contributed by atoms with van der Waals surface area (Å²) in [5.74, 6) is 1.65. The van der Waals surface area contributed by atoms with Crippen LogP contribution in [-0.2, 0) is 4.74 Å². The van der Waals surface area contributed by atoms with E-state index in [4.69, 9.17) is 18.6 Å². The van der Waals surface area contributed by atoms with Gasteiger partial charge in [-0.3, -0.25) is 9.69 Å². The molecule has 4 heterocycles. The molecule has 0 aliphatic carbocycles. The van der Waals surface area contributed by atoms with E-state index in [9.17, 15) is 4.79 Å². The normalized spacial score (nSPS) is 13.9. The van der Waals surface area contributed by atoms with Crippen molar-refractivity contribution in [3.05, 3.63) is 70.3 Å². The second kappa shape index (κ2) is 11.5. The highest BCUT2D eigenvalue weighted by Gasteiger charge is 2.17. The number of oxazole rings is 1. The van der Waals surface area contributed by atoms with Crippen LogP contribution >= 0.6 is 0 Å². The maximum atomic E-state index is 12.7. The van der Waals surface area contributed by atoms with Gasteiger partial charge in [0.2, 0.25) is 5.88 Å². The number of aromatic amines is 1. The Hall–Kier alpha value is -4.15. The highest BCUT2D eigenvalue weighted by molar-refractivity contribution is 5.71. The van der Waals surface area contributed by atoms with Gasteiger partial charge < -0.3 is 28.9 Å². The fraction of sp³-hybridized carbons (Fsp3) is 0.321. The quantitative estimate of drug-likeness (QED) is 0.337. The van der Waals surface area contributed by atoms with Crippen molar-refractivity contribution in [2.24, 2.45) is 0 Å². The van der Waals surface area contributed by atoms with Crippen molar-refractivity contribution in [2.45, 2.75) is 13.8 Å². The van der Waals surface area contributed by atoms with E-state index in [2.05, 4.69) is 25.2 Å². The van der Waals surface area contributed by atoms with Gasteiger partial charge in [-0.1, -0.05) is 6.07 Å². The van der Waals surface area contributed by atoms with Gasteiger partial charge in [-0.25, -0.2) is 9.97 Å². The number of aryl methyl sites for hydroxylation is 2. The predicted molar refractivity (Wildman–Crippen MR) is 144 cm³/mol. The van der Waals surface area contributed by atoms with E-state index >= 15 is 0 Å². The van der Waals surface area contributed by atoms with Crippen molar-refractivity contribution >= 4 is 11.7 Å². The zero-order chi connectivity index (χ0) is 26.5. The first-order chi connectivity index (χ1) is 18.5. The number of nitrogens with one attached hydrogen (secondary N) is 2. The largest absolute Gasteiger partial charge is 0.497 e. The van der Waals surface area contributed by atoms with Crippen LogP contribution in [0.25, 0.3) is 22.6 Å². The number of methoxy groups -OCH3 is 1. The van der Waals surface area contributed by atoms with Gasteiger partial charge in [0, 0.05) is 49.2 Å². The van der Waals surface area contributed by atoms with Gasteiger partial charge in [0.1, 0.15) is 12.4 Å². The van der Waals surface area contributed by atoms with Crippen molar-refractivity contribution in [1.29, 1.82) is 0 Å². The number of pyridine rings is 2. The number of morpholine rings is 1. The number of benzene rings is 1. The fourth-order valence-electron chi connectivity index (χ4n) is 4.29. The minimum Gasteiger partial charge on any atom is -0.497 e. The molecule has 10 nitrogen and oxygen atoms in total. The highest BCUT2D eigenvalue weighted by atomic mass is 16.5. The average Bonchev–Trinajstić information content (AvgIpc) is 3.39. The Bertz CT molecular complexity index is 1460. The molecule has 1 saturated heterocycles. The molecule has 0 radical (unpaired) electrons. The van der Waals surface area contributed by atoms with Crippen molar-refractivity contribution in [1.82, 2.24) is 19.9 Å². The lowest BCUT2D eigenvalue weighted by atomic mass is 10.1. The number of anilines is 2. The van der Waals surface area contributed by atoms with Crippen molar-refractivity contribution in [3.63, 3.8) is 0 Å². The first kappa shape index (κ1) is 25.5. The lowest BCUT2D eigenvalue weighted by Gasteiger charge is -2.26. The number of aromatic nitrogens is 3. The maximum absolute atomic E-state index is 12.7. The third-order valence-electron chi connectivity index (χ3n) is 6.46. The Morgan fingerprint density at radius 3 is 2.74 bits per heavy atom. The van der Waals surface area contributed by atoms with Crippen LogP contribution in [0.2, 0.25) is 0 Å². The third kappa shape index (κ3) is 5.87. The second-order valence-corrected chi connectivity index (χ2v) is 9.08. The lowest BCUT2D eigenvalue weighted by Crippen LogP contribution is -2.38. The Morgan fingerprint density at radius 1 is 1.11 bits per heavy atom. The summed E-state index contributed by atoms with van der Waals surface area (Å²) in [5.41, 5.74) is 4.11. The van der Waals surface area contributed by atoms with Gasteiger partial charge in [0.25, 0.3) is 11.6 Å². The molecule has 0 atom stereocenters. The van der Waals surface area contributed by atoms with Crippen LogP contribution in [0.4, 0.5) is 11.7 Å².